The Hall–Kier alpha value is -1.76. The number of benzene rings is 2. The highest BCUT2D eigenvalue weighted by Gasteiger charge is 2.40. The van der Waals surface area contributed by atoms with Crippen molar-refractivity contribution in [3.63, 3.8) is 0 Å². The number of ether oxygens (including phenoxy) is 1. The van der Waals surface area contributed by atoms with Crippen LogP contribution in [0, 0.1) is 0 Å². The number of nitrogens with zero attached hydrogens (tertiary/aromatic N) is 1. The zero-order chi connectivity index (χ0) is 22.4. The summed E-state index contributed by atoms with van der Waals surface area (Å²) in [5.74, 6) is 0.733. The van der Waals surface area contributed by atoms with E-state index < -0.39 is 18.8 Å². The Bertz CT molecular complexity index is 831. The van der Waals surface area contributed by atoms with Gasteiger partial charge in [0.15, 0.2) is 6.10 Å². The first-order valence-corrected chi connectivity index (χ1v) is 11.1. The van der Waals surface area contributed by atoms with Crippen molar-refractivity contribution in [3.05, 3.63) is 64.7 Å². The van der Waals surface area contributed by atoms with Gasteiger partial charge in [0.2, 0.25) is 0 Å². The molecule has 0 amide bonds. The molecule has 1 N–H and O–H groups in total. The summed E-state index contributed by atoms with van der Waals surface area (Å²) >= 11 is 6.19. The van der Waals surface area contributed by atoms with Crippen molar-refractivity contribution in [2.24, 2.45) is 0 Å². The minimum Gasteiger partial charge on any atom is -0.490 e. The number of hydrogen-bond acceptors (Lipinski definition) is 3. The van der Waals surface area contributed by atoms with Gasteiger partial charge in [0.05, 0.1) is 0 Å². The lowest BCUT2D eigenvalue weighted by molar-refractivity contribution is -0.210. The molecule has 0 radical (unpaired) electrons. The van der Waals surface area contributed by atoms with Gasteiger partial charge >= 0.3 is 6.18 Å². The zero-order valence-corrected chi connectivity index (χ0v) is 18.4. The average molecular weight is 456 g/mol. The number of aliphatic hydroxyl groups excluding tert-OH is 1. The van der Waals surface area contributed by atoms with E-state index in [4.69, 9.17) is 16.3 Å². The van der Waals surface area contributed by atoms with E-state index in [2.05, 4.69) is 0 Å². The molecule has 0 heterocycles. The zero-order valence-electron chi connectivity index (χ0n) is 17.6. The monoisotopic (exact) mass is 455 g/mol. The lowest BCUT2D eigenvalue weighted by atomic mass is 9.91. The number of aryl methyl sites for hydroxylation is 1. The minimum absolute atomic E-state index is 0.0917. The highest BCUT2D eigenvalue weighted by atomic mass is 35.5. The molecule has 0 spiro atoms. The molecule has 3 nitrogen and oxygen atoms in total. The van der Waals surface area contributed by atoms with Crippen LogP contribution < -0.4 is 4.74 Å². The molecule has 1 aliphatic carbocycles. The number of aliphatic hydroxyl groups is 1. The smallest absolute Gasteiger partial charge is 0.415 e. The van der Waals surface area contributed by atoms with Gasteiger partial charge in [0.1, 0.15) is 11.9 Å². The van der Waals surface area contributed by atoms with Crippen LogP contribution in [0.1, 0.15) is 43.7 Å². The molecule has 3 unspecified atom stereocenters. The summed E-state index contributed by atoms with van der Waals surface area (Å²) in [6, 6.07) is 14.9. The molecule has 0 bridgehead atoms. The highest BCUT2D eigenvalue weighted by Crippen LogP contribution is 2.31. The van der Waals surface area contributed by atoms with Gasteiger partial charge in [-0.25, -0.2) is 0 Å². The number of rotatable bonds is 8. The van der Waals surface area contributed by atoms with Gasteiger partial charge in [0.25, 0.3) is 0 Å². The van der Waals surface area contributed by atoms with E-state index in [1.54, 1.807) is 4.90 Å². The van der Waals surface area contributed by atoms with E-state index >= 15 is 0 Å². The fourth-order valence-corrected chi connectivity index (χ4v) is 4.38. The molecule has 1 saturated carbocycles. The van der Waals surface area contributed by atoms with Gasteiger partial charge in [-0.05, 0) is 61.4 Å². The lowest BCUT2D eigenvalue weighted by Crippen LogP contribution is -2.47. The standard InChI is InChI=1S/C24H29ClF3NO2/c1-2-18-13-21(11-12-22(18)25)31-20-10-6-9-19(14-20)29(16-23(30)24(26,27)28)15-17-7-4-3-5-8-17/h3-5,7-8,11-13,19-20,23,30H,2,6,9-10,14-16H2,1H3. The second-order valence-corrected chi connectivity index (χ2v) is 8.55. The lowest BCUT2D eigenvalue weighted by Gasteiger charge is -2.38. The van der Waals surface area contributed by atoms with E-state index in [1.807, 2.05) is 55.5 Å². The maximum atomic E-state index is 13.1. The molecule has 7 heteroatoms. The Kier molecular flexibility index (Phi) is 8.25. The van der Waals surface area contributed by atoms with Crippen molar-refractivity contribution in [1.82, 2.24) is 4.90 Å². The van der Waals surface area contributed by atoms with E-state index in [-0.39, 0.29) is 12.1 Å². The van der Waals surface area contributed by atoms with Crippen LogP contribution in [0.25, 0.3) is 0 Å². The minimum atomic E-state index is -4.64. The molecule has 2 aromatic rings. The second kappa shape index (κ2) is 10.7. The molecule has 3 rings (SSSR count). The molecule has 3 atom stereocenters. The molecule has 170 valence electrons. The molecule has 1 fully saturated rings. The summed E-state index contributed by atoms with van der Waals surface area (Å²) in [5, 5.41) is 10.4. The van der Waals surface area contributed by atoms with Crippen LogP contribution >= 0.6 is 11.6 Å². The predicted octanol–water partition coefficient (Wildman–Crippen LogP) is 6.02. The molecule has 1 aliphatic rings. The van der Waals surface area contributed by atoms with Crippen LogP contribution in [-0.2, 0) is 13.0 Å². The van der Waals surface area contributed by atoms with E-state index in [0.717, 1.165) is 42.6 Å². The Morgan fingerprint density at radius 2 is 1.90 bits per heavy atom. The van der Waals surface area contributed by atoms with Gasteiger partial charge < -0.3 is 9.84 Å². The molecular weight excluding hydrogens is 427 g/mol. The number of halogens is 4. The van der Waals surface area contributed by atoms with Crippen molar-refractivity contribution in [2.75, 3.05) is 6.54 Å². The third-order valence-electron chi connectivity index (χ3n) is 5.83. The summed E-state index contributed by atoms with van der Waals surface area (Å²) in [4.78, 5) is 1.75. The van der Waals surface area contributed by atoms with Crippen LogP contribution in [0.15, 0.2) is 48.5 Å². The van der Waals surface area contributed by atoms with Crippen LogP contribution in [0.2, 0.25) is 5.02 Å². The van der Waals surface area contributed by atoms with Crippen LogP contribution in [-0.4, -0.2) is 41.0 Å². The SMILES string of the molecule is CCc1cc(OC2CCCC(N(Cc3ccccc3)CC(O)C(F)(F)F)C2)ccc1Cl. The summed E-state index contributed by atoms with van der Waals surface area (Å²) < 4.78 is 45.4. The summed E-state index contributed by atoms with van der Waals surface area (Å²) in [6.45, 7) is 1.93. The predicted molar refractivity (Wildman–Crippen MR) is 116 cm³/mol. The van der Waals surface area contributed by atoms with Crippen LogP contribution in [0.4, 0.5) is 13.2 Å². The average Bonchev–Trinajstić information content (AvgIpc) is 2.75. The first-order chi connectivity index (χ1) is 14.8. The van der Waals surface area contributed by atoms with Crippen molar-refractivity contribution < 1.29 is 23.0 Å². The van der Waals surface area contributed by atoms with E-state index in [0.29, 0.717) is 18.0 Å². The van der Waals surface area contributed by atoms with E-state index in [9.17, 15) is 18.3 Å². The number of hydrogen-bond donors (Lipinski definition) is 1. The molecule has 0 aromatic heterocycles. The van der Waals surface area contributed by atoms with Gasteiger partial charge in [-0.15, -0.1) is 0 Å². The van der Waals surface area contributed by atoms with Crippen molar-refractivity contribution >= 4 is 11.6 Å². The quantitative estimate of drug-likeness (QED) is 0.528. The van der Waals surface area contributed by atoms with Gasteiger partial charge in [0, 0.05) is 24.2 Å². The molecule has 0 aliphatic heterocycles. The maximum absolute atomic E-state index is 13.1. The van der Waals surface area contributed by atoms with Crippen LogP contribution in [0.3, 0.4) is 0 Å². The Balaban J connectivity index is 1.72. The fraction of sp³-hybridized carbons (Fsp3) is 0.500. The van der Waals surface area contributed by atoms with Crippen molar-refractivity contribution in [1.29, 1.82) is 0 Å². The van der Waals surface area contributed by atoms with E-state index in [1.165, 1.54) is 0 Å². The number of alkyl halides is 3. The topological polar surface area (TPSA) is 32.7 Å². The summed E-state index contributed by atoms with van der Waals surface area (Å²) in [5.41, 5.74) is 1.93. The second-order valence-electron chi connectivity index (χ2n) is 8.14. The summed E-state index contributed by atoms with van der Waals surface area (Å²) in [6.07, 6.45) is -3.21. The highest BCUT2D eigenvalue weighted by molar-refractivity contribution is 6.31. The third kappa shape index (κ3) is 6.86. The first kappa shape index (κ1) is 23.9. The molecule has 2 aromatic carbocycles. The van der Waals surface area contributed by atoms with Gasteiger partial charge in [-0.3, -0.25) is 4.90 Å². The Morgan fingerprint density at radius 3 is 2.58 bits per heavy atom. The third-order valence-corrected chi connectivity index (χ3v) is 6.20. The summed E-state index contributed by atoms with van der Waals surface area (Å²) in [7, 11) is 0. The largest absolute Gasteiger partial charge is 0.490 e. The maximum Gasteiger partial charge on any atom is 0.415 e. The Labute approximate surface area is 186 Å². The van der Waals surface area contributed by atoms with Gasteiger partial charge in [-0.2, -0.15) is 13.2 Å². The Morgan fingerprint density at radius 1 is 1.16 bits per heavy atom. The molecule has 0 saturated heterocycles. The van der Waals surface area contributed by atoms with Gasteiger partial charge in [-0.1, -0.05) is 48.9 Å². The van der Waals surface area contributed by atoms with Crippen LogP contribution in [0.5, 0.6) is 5.75 Å². The molecular formula is C24H29ClF3NO2. The normalized spacial score (nSPS) is 20.6. The van der Waals surface area contributed by atoms with Crippen molar-refractivity contribution in [2.45, 2.75) is 70.0 Å². The van der Waals surface area contributed by atoms with Crippen molar-refractivity contribution in [3.8, 4) is 5.75 Å². The fourth-order valence-electron chi connectivity index (χ4n) is 4.13. The first-order valence-electron chi connectivity index (χ1n) is 10.7. The molecule has 31 heavy (non-hydrogen) atoms.